The van der Waals surface area contributed by atoms with E-state index >= 15 is 0 Å². The molecule has 1 N–H and O–H groups in total. The number of aromatic nitrogens is 4. The first kappa shape index (κ1) is 25.9. The fourth-order valence-electron chi connectivity index (χ4n) is 5.17. The highest BCUT2D eigenvalue weighted by Crippen LogP contribution is 2.49. The van der Waals surface area contributed by atoms with Crippen LogP contribution in [0.15, 0.2) is 78.0 Å². The second-order valence-corrected chi connectivity index (χ2v) is 10.3. The molecular formula is C31H31N5O4. The van der Waals surface area contributed by atoms with E-state index in [4.69, 9.17) is 18.9 Å². The molecule has 1 fully saturated rings. The lowest BCUT2D eigenvalue weighted by Crippen LogP contribution is -2.35. The Labute approximate surface area is 232 Å². The first-order chi connectivity index (χ1) is 19.5. The number of nitrogens with zero attached hydrogens (tertiary/aromatic N) is 4. The topological polar surface area (TPSA) is 104 Å². The fourth-order valence-corrected chi connectivity index (χ4v) is 5.17. The smallest absolute Gasteiger partial charge is 0.252 e. The van der Waals surface area contributed by atoms with E-state index in [0.717, 1.165) is 51.7 Å². The van der Waals surface area contributed by atoms with Gasteiger partial charge in [-0.1, -0.05) is 30.3 Å². The third-order valence-electron chi connectivity index (χ3n) is 7.44. The molecule has 0 bridgehead atoms. The Kier molecular flexibility index (Phi) is 6.91. The Bertz CT molecular complexity index is 1660. The van der Waals surface area contributed by atoms with Crippen LogP contribution in [0, 0.1) is 6.92 Å². The van der Waals surface area contributed by atoms with Gasteiger partial charge in [0.25, 0.3) is 5.91 Å². The number of ether oxygens (including phenoxy) is 2. The summed E-state index contributed by atoms with van der Waals surface area (Å²) in [5.41, 5.74) is 6.47. The molecule has 3 heterocycles. The second kappa shape index (κ2) is 10.7. The molecule has 6 rings (SSSR count). The average molecular weight is 538 g/mol. The summed E-state index contributed by atoms with van der Waals surface area (Å²) >= 11 is 0. The van der Waals surface area contributed by atoms with Crippen LogP contribution in [-0.4, -0.2) is 39.4 Å². The minimum atomic E-state index is -0.443. The number of hydrogen-bond acceptors (Lipinski definition) is 7. The first-order valence-electron chi connectivity index (χ1n) is 13.3. The molecular weight excluding hydrogens is 506 g/mol. The third kappa shape index (κ3) is 5.13. The number of benzene rings is 2. The highest BCUT2D eigenvalue weighted by atomic mass is 16.5. The van der Waals surface area contributed by atoms with Gasteiger partial charge in [0, 0.05) is 36.9 Å². The number of amides is 1. The molecule has 1 saturated carbocycles. The molecule has 0 radical (unpaired) electrons. The summed E-state index contributed by atoms with van der Waals surface area (Å²) < 4.78 is 18.2. The molecule has 1 atom stereocenters. The Hall–Kier alpha value is -4.34. The molecule has 0 aliphatic heterocycles. The average Bonchev–Trinajstić information content (AvgIpc) is 3.31. The lowest BCUT2D eigenvalue weighted by Gasteiger charge is -2.22. The van der Waals surface area contributed by atoms with Crippen molar-refractivity contribution in [2.45, 2.75) is 38.0 Å². The van der Waals surface area contributed by atoms with E-state index in [0.29, 0.717) is 24.5 Å². The predicted octanol–water partition coefficient (Wildman–Crippen LogP) is 5.26. The molecule has 9 nitrogen and oxygen atoms in total. The van der Waals surface area contributed by atoms with E-state index in [1.807, 2.05) is 62.8 Å². The van der Waals surface area contributed by atoms with Gasteiger partial charge in [0.2, 0.25) is 0 Å². The lowest BCUT2D eigenvalue weighted by molar-refractivity contribution is -0.0141. The molecule has 0 unspecified atom stereocenters. The van der Waals surface area contributed by atoms with E-state index in [1.165, 1.54) is 6.39 Å². The van der Waals surface area contributed by atoms with Crippen LogP contribution in [-0.2, 0) is 28.7 Å². The Morgan fingerprint density at radius 1 is 1.20 bits per heavy atom. The van der Waals surface area contributed by atoms with E-state index in [-0.39, 0.29) is 12.0 Å². The van der Waals surface area contributed by atoms with Crippen LogP contribution in [0.25, 0.3) is 22.2 Å². The summed E-state index contributed by atoms with van der Waals surface area (Å²) in [6, 6.07) is 16.0. The summed E-state index contributed by atoms with van der Waals surface area (Å²) in [5.74, 6) is -0.0998. The van der Waals surface area contributed by atoms with Crippen molar-refractivity contribution >= 4 is 16.8 Å². The SMILES string of the molecule is COC[C@@H](OCc1cocn1)c1ccc(C(=O)NC2(c3cc(-c4cnn(C)c4)nc4ccccc34)CC2)c(C)c1. The van der Waals surface area contributed by atoms with Crippen LogP contribution >= 0.6 is 0 Å². The number of methoxy groups -OCH3 is 1. The van der Waals surface area contributed by atoms with Gasteiger partial charge >= 0.3 is 0 Å². The lowest BCUT2D eigenvalue weighted by atomic mass is 9.96. The molecule has 2 aromatic carbocycles. The number of fused-ring (bicyclic) bond motifs is 1. The number of rotatable bonds is 10. The van der Waals surface area contributed by atoms with Gasteiger partial charge in [0.05, 0.1) is 36.2 Å². The van der Waals surface area contributed by atoms with E-state index < -0.39 is 5.54 Å². The van der Waals surface area contributed by atoms with Gasteiger partial charge in [-0.3, -0.25) is 9.48 Å². The largest absolute Gasteiger partial charge is 0.451 e. The zero-order valence-electron chi connectivity index (χ0n) is 22.8. The van der Waals surface area contributed by atoms with Crippen LogP contribution in [0.2, 0.25) is 0 Å². The van der Waals surface area contributed by atoms with Gasteiger partial charge in [0.1, 0.15) is 18.1 Å². The highest BCUT2D eigenvalue weighted by Gasteiger charge is 2.47. The number of hydrogen-bond donors (Lipinski definition) is 1. The maximum atomic E-state index is 13.7. The van der Waals surface area contributed by atoms with Gasteiger partial charge < -0.3 is 19.2 Å². The maximum absolute atomic E-state index is 13.7. The van der Waals surface area contributed by atoms with Gasteiger partial charge in [-0.05, 0) is 54.7 Å². The zero-order chi connectivity index (χ0) is 27.7. The van der Waals surface area contributed by atoms with Crippen molar-refractivity contribution in [3.05, 3.63) is 102 Å². The van der Waals surface area contributed by atoms with E-state index in [1.54, 1.807) is 18.1 Å². The van der Waals surface area contributed by atoms with Gasteiger partial charge in [0.15, 0.2) is 6.39 Å². The highest BCUT2D eigenvalue weighted by molar-refractivity contribution is 5.97. The summed E-state index contributed by atoms with van der Waals surface area (Å²) in [7, 11) is 3.53. The monoisotopic (exact) mass is 537 g/mol. The molecule has 0 saturated heterocycles. The Morgan fingerprint density at radius 3 is 2.75 bits per heavy atom. The molecule has 1 amide bonds. The van der Waals surface area contributed by atoms with Crippen molar-refractivity contribution in [2.75, 3.05) is 13.7 Å². The number of aryl methyl sites for hydroxylation is 2. The van der Waals surface area contributed by atoms with Crippen molar-refractivity contribution in [3.8, 4) is 11.3 Å². The molecule has 204 valence electrons. The number of oxazole rings is 1. The fraction of sp³-hybridized carbons (Fsp3) is 0.290. The van der Waals surface area contributed by atoms with E-state index in [2.05, 4.69) is 27.5 Å². The third-order valence-corrected chi connectivity index (χ3v) is 7.44. The van der Waals surface area contributed by atoms with Crippen molar-refractivity contribution in [1.29, 1.82) is 0 Å². The molecule has 3 aromatic heterocycles. The molecule has 1 aliphatic rings. The Morgan fingerprint density at radius 2 is 2.05 bits per heavy atom. The number of carbonyl (C=O) groups is 1. The summed E-state index contributed by atoms with van der Waals surface area (Å²) in [5, 5.41) is 8.74. The van der Waals surface area contributed by atoms with Crippen LogP contribution < -0.4 is 5.32 Å². The van der Waals surface area contributed by atoms with Crippen molar-refractivity contribution < 1.29 is 18.7 Å². The summed E-state index contributed by atoms with van der Waals surface area (Å²) in [4.78, 5) is 22.7. The minimum Gasteiger partial charge on any atom is -0.451 e. The van der Waals surface area contributed by atoms with Crippen LogP contribution in [0.3, 0.4) is 0 Å². The standard InChI is InChI=1S/C31H31N5O4/c1-20-12-21(29(18-38-3)40-17-23-16-39-19-32-23)8-9-24(20)30(37)35-31(10-11-31)26-13-28(22-14-33-36(2)15-22)34-27-7-5-4-6-25(26)27/h4-9,12-16,19,29H,10-11,17-18H2,1-3H3,(H,35,37)/t29-/m1/s1. The van der Waals surface area contributed by atoms with Gasteiger partial charge in [-0.25, -0.2) is 9.97 Å². The predicted molar refractivity (Wildman–Crippen MR) is 149 cm³/mol. The number of pyridine rings is 1. The summed E-state index contributed by atoms with van der Waals surface area (Å²) in [6.07, 6.45) is 8.13. The molecule has 40 heavy (non-hydrogen) atoms. The number of para-hydroxylation sites is 1. The van der Waals surface area contributed by atoms with Crippen LogP contribution in [0.5, 0.6) is 0 Å². The normalized spacial score (nSPS) is 14.8. The summed E-state index contributed by atoms with van der Waals surface area (Å²) in [6.45, 7) is 2.62. The van der Waals surface area contributed by atoms with Gasteiger partial charge in [-0.2, -0.15) is 5.10 Å². The quantitative estimate of drug-likeness (QED) is 0.259. The molecule has 5 aromatic rings. The Balaban J connectivity index is 1.26. The molecule has 0 spiro atoms. The van der Waals surface area contributed by atoms with Gasteiger partial charge in [-0.15, -0.1) is 0 Å². The van der Waals surface area contributed by atoms with E-state index in [9.17, 15) is 4.79 Å². The number of nitrogens with one attached hydrogen (secondary N) is 1. The maximum Gasteiger partial charge on any atom is 0.252 e. The zero-order valence-corrected chi connectivity index (χ0v) is 22.8. The van der Waals surface area contributed by atoms with Crippen molar-refractivity contribution in [3.63, 3.8) is 0 Å². The van der Waals surface area contributed by atoms with Crippen LogP contribution in [0.1, 0.15) is 51.7 Å². The number of carbonyl (C=O) groups excluding carboxylic acids is 1. The molecule has 1 aliphatic carbocycles. The molecule has 9 heteroatoms. The van der Waals surface area contributed by atoms with Crippen molar-refractivity contribution in [2.24, 2.45) is 7.05 Å². The second-order valence-electron chi connectivity index (χ2n) is 10.3. The van der Waals surface area contributed by atoms with Crippen LogP contribution in [0.4, 0.5) is 0 Å². The first-order valence-corrected chi connectivity index (χ1v) is 13.3. The minimum absolute atomic E-state index is 0.0998. The van der Waals surface area contributed by atoms with Crippen molar-refractivity contribution in [1.82, 2.24) is 25.1 Å².